The molecule has 1 heterocycles. The molecule has 1 N–H and O–H groups in total. The molecule has 2 aromatic carbocycles. The second-order valence-corrected chi connectivity index (χ2v) is 6.61. The molecule has 0 aromatic heterocycles. The van der Waals surface area contributed by atoms with Gasteiger partial charge in [0.2, 0.25) is 0 Å². The molecule has 0 radical (unpaired) electrons. The molecule has 1 aliphatic rings. The van der Waals surface area contributed by atoms with E-state index in [9.17, 15) is 4.79 Å². The van der Waals surface area contributed by atoms with E-state index < -0.39 is 0 Å². The van der Waals surface area contributed by atoms with Crippen LogP contribution in [0.4, 0.5) is 0 Å². The largest absolute Gasteiger partial charge is 0.496 e. The number of carbonyl (C=O) groups excluding carboxylic acids is 1. The van der Waals surface area contributed by atoms with Crippen LogP contribution in [-0.4, -0.2) is 25.5 Å². The van der Waals surface area contributed by atoms with Gasteiger partial charge in [-0.2, -0.15) is 0 Å². The van der Waals surface area contributed by atoms with E-state index >= 15 is 0 Å². The Kier molecular flexibility index (Phi) is 5.91. The Morgan fingerprint density at radius 2 is 1.93 bits per heavy atom. The maximum absolute atomic E-state index is 12.3. The molecule has 5 heteroatoms. The first-order valence-electron chi connectivity index (χ1n) is 9.03. The summed E-state index contributed by atoms with van der Waals surface area (Å²) in [5.41, 5.74) is 2.41. The van der Waals surface area contributed by atoms with E-state index in [0.29, 0.717) is 30.5 Å². The molecule has 1 amide bonds. The molecular weight excluding hydrogens is 340 g/mol. The Labute approximate surface area is 159 Å². The molecule has 2 aromatic rings. The van der Waals surface area contributed by atoms with E-state index in [1.54, 1.807) is 13.2 Å². The third-order valence-electron chi connectivity index (χ3n) is 4.31. The van der Waals surface area contributed by atoms with Gasteiger partial charge >= 0.3 is 0 Å². The molecule has 1 aliphatic heterocycles. The van der Waals surface area contributed by atoms with Gasteiger partial charge in [0.15, 0.2) is 0 Å². The molecule has 0 fully saturated rings. The van der Waals surface area contributed by atoms with Gasteiger partial charge in [0.25, 0.3) is 5.91 Å². The standard InChI is InChI=1S/C22H24N2O3/c1-15(2)16-9-10-20(26-3)17(13-16)14-19-22(25)24-21(23-19)11-12-27-18-7-5-4-6-8-18/h4-10,13-15H,11-12H2,1-3H3,(H,23,24,25)/b19-14-. The zero-order chi connectivity index (χ0) is 19.2. The van der Waals surface area contributed by atoms with Crippen molar-refractivity contribution in [3.05, 3.63) is 65.4 Å². The van der Waals surface area contributed by atoms with E-state index in [2.05, 4.69) is 24.2 Å². The number of methoxy groups -OCH3 is 1. The van der Waals surface area contributed by atoms with Gasteiger partial charge in [0, 0.05) is 12.0 Å². The molecule has 27 heavy (non-hydrogen) atoms. The molecule has 0 atom stereocenters. The summed E-state index contributed by atoms with van der Waals surface area (Å²) in [7, 11) is 1.62. The number of hydrogen-bond donors (Lipinski definition) is 1. The highest BCUT2D eigenvalue weighted by Crippen LogP contribution is 2.27. The molecule has 3 rings (SSSR count). The van der Waals surface area contributed by atoms with Gasteiger partial charge in [0.05, 0.1) is 13.7 Å². The normalized spacial score (nSPS) is 15.0. The molecule has 140 valence electrons. The highest BCUT2D eigenvalue weighted by molar-refractivity contribution is 6.14. The van der Waals surface area contributed by atoms with Crippen molar-refractivity contribution >= 4 is 17.8 Å². The molecule has 0 spiro atoms. The van der Waals surface area contributed by atoms with Crippen LogP contribution in [0.3, 0.4) is 0 Å². The fraction of sp³-hybridized carbons (Fsp3) is 0.273. The first-order chi connectivity index (χ1) is 13.1. The minimum atomic E-state index is -0.207. The lowest BCUT2D eigenvalue weighted by Crippen LogP contribution is -2.25. The van der Waals surface area contributed by atoms with Gasteiger partial charge in [-0.15, -0.1) is 0 Å². The smallest absolute Gasteiger partial charge is 0.275 e. The molecular formula is C22H24N2O3. The summed E-state index contributed by atoms with van der Waals surface area (Å²) in [5.74, 6) is 2.31. The van der Waals surface area contributed by atoms with Crippen LogP contribution in [0.5, 0.6) is 11.5 Å². The molecule has 0 bridgehead atoms. The van der Waals surface area contributed by atoms with Gasteiger partial charge < -0.3 is 14.8 Å². The topological polar surface area (TPSA) is 59.9 Å². The summed E-state index contributed by atoms with van der Waals surface area (Å²) in [6.45, 7) is 4.70. The van der Waals surface area contributed by atoms with E-state index in [-0.39, 0.29) is 5.91 Å². The molecule has 0 aliphatic carbocycles. The third kappa shape index (κ3) is 4.76. The van der Waals surface area contributed by atoms with E-state index in [1.807, 2.05) is 48.5 Å². The average molecular weight is 364 g/mol. The molecule has 5 nitrogen and oxygen atoms in total. The van der Waals surface area contributed by atoms with Gasteiger partial charge in [-0.1, -0.05) is 38.1 Å². The SMILES string of the molecule is COc1ccc(C(C)C)cc1/C=C1\N=C(CCOc2ccccc2)NC1=O. The van der Waals surface area contributed by atoms with Crippen molar-refractivity contribution in [3.63, 3.8) is 0 Å². The summed E-state index contributed by atoms with van der Waals surface area (Å²) in [5, 5.41) is 2.81. The Morgan fingerprint density at radius 1 is 1.15 bits per heavy atom. The van der Waals surface area contributed by atoms with Crippen molar-refractivity contribution in [3.8, 4) is 11.5 Å². The summed E-state index contributed by atoms with van der Waals surface area (Å²) in [4.78, 5) is 16.7. The summed E-state index contributed by atoms with van der Waals surface area (Å²) < 4.78 is 11.1. The van der Waals surface area contributed by atoms with Crippen LogP contribution >= 0.6 is 0 Å². The molecule has 0 unspecified atom stereocenters. The maximum Gasteiger partial charge on any atom is 0.275 e. The van der Waals surface area contributed by atoms with Gasteiger partial charge in [-0.25, -0.2) is 4.99 Å². The number of nitrogens with zero attached hydrogens (tertiary/aromatic N) is 1. The lowest BCUT2D eigenvalue weighted by Gasteiger charge is -2.10. The lowest BCUT2D eigenvalue weighted by molar-refractivity contribution is -0.115. The molecule has 0 saturated heterocycles. The Bertz CT molecular complexity index is 870. The minimum Gasteiger partial charge on any atom is -0.496 e. The van der Waals surface area contributed by atoms with Crippen LogP contribution < -0.4 is 14.8 Å². The van der Waals surface area contributed by atoms with Crippen LogP contribution in [0.2, 0.25) is 0 Å². The van der Waals surface area contributed by atoms with Gasteiger partial charge in [-0.05, 0) is 41.8 Å². The third-order valence-corrected chi connectivity index (χ3v) is 4.31. The predicted octanol–water partition coefficient (Wildman–Crippen LogP) is 4.16. The van der Waals surface area contributed by atoms with E-state index in [1.165, 1.54) is 5.56 Å². The number of amides is 1. The van der Waals surface area contributed by atoms with Crippen LogP contribution in [-0.2, 0) is 4.79 Å². The number of hydrogen-bond acceptors (Lipinski definition) is 4. The molecule has 0 saturated carbocycles. The van der Waals surface area contributed by atoms with E-state index in [0.717, 1.165) is 17.1 Å². The average Bonchev–Trinajstić information content (AvgIpc) is 3.02. The van der Waals surface area contributed by atoms with Crippen molar-refractivity contribution in [2.45, 2.75) is 26.2 Å². The fourth-order valence-electron chi connectivity index (χ4n) is 2.79. The van der Waals surface area contributed by atoms with E-state index in [4.69, 9.17) is 9.47 Å². The second kappa shape index (κ2) is 8.54. The van der Waals surface area contributed by atoms with Crippen molar-refractivity contribution in [2.24, 2.45) is 4.99 Å². The van der Waals surface area contributed by atoms with Crippen LogP contribution in [0.15, 0.2) is 59.2 Å². The zero-order valence-electron chi connectivity index (χ0n) is 15.9. The number of nitrogens with one attached hydrogen (secondary N) is 1. The monoisotopic (exact) mass is 364 g/mol. The van der Waals surface area contributed by atoms with Gasteiger partial charge in [0.1, 0.15) is 23.0 Å². The van der Waals surface area contributed by atoms with Crippen molar-refractivity contribution in [1.82, 2.24) is 5.32 Å². The summed E-state index contributed by atoms with van der Waals surface area (Å²) in [6, 6.07) is 15.6. The lowest BCUT2D eigenvalue weighted by atomic mass is 10.00. The van der Waals surface area contributed by atoms with Crippen molar-refractivity contribution < 1.29 is 14.3 Å². The van der Waals surface area contributed by atoms with Crippen molar-refractivity contribution in [2.75, 3.05) is 13.7 Å². The van der Waals surface area contributed by atoms with Gasteiger partial charge in [-0.3, -0.25) is 4.79 Å². The fourth-order valence-corrected chi connectivity index (χ4v) is 2.79. The summed E-state index contributed by atoms with van der Waals surface area (Å²) in [6.07, 6.45) is 2.30. The van der Waals surface area contributed by atoms with Crippen LogP contribution in [0, 0.1) is 0 Å². The Balaban J connectivity index is 1.72. The van der Waals surface area contributed by atoms with Crippen LogP contribution in [0.25, 0.3) is 6.08 Å². The maximum atomic E-state index is 12.3. The Hall–Kier alpha value is -3.08. The van der Waals surface area contributed by atoms with Crippen molar-refractivity contribution in [1.29, 1.82) is 0 Å². The van der Waals surface area contributed by atoms with Crippen LogP contribution in [0.1, 0.15) is 37.3 Å². The number of amidine groups is 1. The number of ether oxygens (including phenoxy) is 2. The zero-order valence-corrected chi connectivity index (χ0v) is 15.9. The minimum absolute atomic E-state index is 0.207. The highest BCUT2D eigenvalue weighted by Gasteiger charge is 2.20. The first-order valence-corrected chi connectivity index (χ1v) is 9.03. The second-order valence-electron chi connectivity index (χ2n) is 6.61. The number of carbonyl (C=O) groups is 1. The Morgan fingerprint density at radius 3 is 2.63 bits per heavy atom. The highest BCUT2D eigenvalue weighted by atomic mass is 16.5. The number of aliphatic imine (C=N–C) groups is 1. The first kappa shape index (κ1) is 18.7. The quantitative estimate of drug-likeness (QED) is 0.751. The summed E-state index contributed by atoms with van der Waals surface area (Å²) >= 11 is 0. The predicted molar refractivity (Wildman–Crippen MR) is 107 cm³/mol. The number of benzene rings is 2. The number of rotatable bonds is 7. The number of para-hydroxylation sites is 1.